The minimum Gasteiger partial charge on any atom is -0.388 e. The fourth-order valence-electron chi connectivity index (χ4n) is 1.48. The topological polar surface area (TPSA) is 69.4 Å². The molecule has 1 atom stereocenters. The van der Waals surface area contributed by atoms with Gasteiger partial charge in [-0.05, 0) is 27.2 Å². The van der Waals surface area contributed by atoms with E-state index in [4.69, 9.17) is 9.47 Å². The summed E-state index contributed by atoms with van der Waals surface area (Å²) in [7, 11) is 0. The third-order valence-electron chi connectivity index (χ3n) is 2.70. The zero-order valence-corrected chi connectivity index (χ0v) is 11.6. The van der Waals surface area contributed by atoms with Gasteiger partial charge in [0.1, 0.15) is 5.69 Å². The van der Waals surface area contributed by atoms with E-state index in [0.717, 1.165) is 0 Å². The van der Waals surface area contributed by atoms with Gasteiger partial charge in [0.05, 0.1) is 18.3 Å². The van der Waals surface area contributed by atoms with Crippen LogP contribution in [0.2, 0.25) is 0 Å². The van der Waals surface area contributed by atoms with E-state index in [-0.39, 0.29) is 0 Å². The van der Waals surface area contributed by atoms with E-state index in [0.29, 0.717) is 31.9 Å². The Morgan fingerprint density at radius 3 is 2.44 bits per heavy atom. The lowest BCUT2D eigenvalue weighted by atomic mass is 10.0. The van der Waals surface area contributed by atoms with E-state index in [1.54, 1.807) is 17.8 Å². The van der Waals surface area contributed by atoms with Gasteiger partial charge in [0, 0.05) is 13.2 Å². The molecule has 0 spiro atoms. The SMILES string of the molecule is CCOC(OCC)c1cn(CC(C)(O)CC)nn1. The Hall–Kier alpha value is -0.980. The molecule has 0 aliphatic heterocycles. The van der Waals surface area contributed by atoms with Crippen molar-refractivity contribution < 1.29 is 14.6 Å². The first-order chi connectivity index (χ1) is 8.52. The summed E-state index contributed by atoms with van der Waals surface area (Å²) in [6.45, 7) is 9.00. The number of rotatable bonds is 8. The molecule has 18 heavy (non-hydrogen) atoms. The molecule has 6 nitrogen and oxygen atoms in total. The smallest absolute Gasteiger partial charge is 0.204 e. The van der Waals surface area contributed by atoms with Crippen molar-refractivity contribution in [3.8, 4) is 0 Å². The number of hydrogen-bond donors (Lipinski definition) is 1. The summed E-state index contributed by atoms with van der Waals surface area (Å²) >= 11 is 0. The van der Waals surface area contributed by atoms with Crippen LogP contribution in [-0.4, -0.2) is 38.9 Å². The molecule has 0 saturated heterocycles. The van der Waals surface area contributed by atoms with Gasteiger partial charge in [-0.2, -0.15) is 0 Å². The molecule has 0 aliphatic carbocycles. The molecule has 0 amide bonds. The highest BCUT2D eigenvalue weighted by atomic mass is 16.7. The average Bonchev–Trinajstić information content (AvgIpc) is 2.76. The summed E-state index contributed by atoms with van der Waals surface area (Å²) in [5.74, 6) is 0. The Bertz CT molecular complexity index is 346. The molecular weight excluding hydrogens is 234 g/mol. The maximum Gasteiger partial charge on any atom is 0.204 e. The second kappa shape index (κ2) is 6.82. The Balaban J connectivity index is 2.71. The van der Waals surface area contributed by atoms with Crippen molar-refractivity contribution in [3.05, 3.63) is 11.9 Å². The highest BCUT2D eigenvalue weighted by molar-refractivity contribution is 4.95. The van der Waals surface area contributed by atoms with Crippen LogP contribution < -0.4 is 0 Å². The van der Waals surface area contributed by atoms with Gasteiger partial charge in [0.25, 0.3) is 0 Å². The number of nitrogens with zero attached hydrogens (tertiary/aromatic N) is 3. The van der Waals surface area contributed by atoms with E-state index in [1.165, 1.54) is 0 Å². The molecule has 104 valence electrons. The van der Waals surface area contributed by atoms with Crippen LogP contribution in [0.3, 0.4) is 0 Å². The van der Waals surface area contributed by atoms with Crippen LogP contribution >= 0.6 is 0 Å². The third-order valence-corrected chi connectivity index (χ3v) is 2.70. The molecule has 0 radical (unpaired) electrons. The molecular formula is C12H23N3O3. The molecule has 1 unspecified atom stereocenters. The number of hydrogen-bond acceptors (Lipinski definition) is 5. The number of ether oxygens (including phenoxy) is 2. The van der Waals surface area contributed by atoms with Gasteiger partial charge >= 0.3 is 0 Å². The highest BCUT2D eigenvalue weighted by Gasteiger charge is 2.21. The molecule has 0 saturated carbocycles. The van der Waals surface area contributed by atoms with Gasteiger partial charge in [-0.3, -0.25) is 0 Å². The summed E-state index contributed by atoms with van der Waals surface area (Å²) in [5, 5.41) is 18.0. The maximum atomic E-state index is 9.98. The highest BCUT2D eigenvalue weighted by Crippen LogP contribution is 2.17. The van der Waals surface area contributed by atoms with Crippen molar-refractivity contribution in [3.63, 3.8) is 0 Å². The second-order valence-corrected chi connectivity index (χ2v) is 4.43. The Labute approximate surface area is 108 Å². The zero-order valence-electron chi connectivity index (χ0n) is 11.6. The quantitative estimate of drug-likeness (QED) is 0.715. The summed E-state index contributed by atoms with van der Waals surface area (Å²) in [6.07, 6.45) is 1.92. The summed E-state index contributed by atoms with van der Waals surface area (Å²) in [4.78, 5) is 0. The standard InChI is InChI=1S/C12H23N3O3/c1-5-12(4,16)9-15-8-10(13-14-15)11(17-6-2)18-7-3/h8,11,16H,5-7,9H2,1-4H3. The molecule has 0 aromatic carbocycles. The van der Waals surface area contributed by atoms with Crippen molar-refractivity contribution in [2.45, 2.75) is 52.6 Å². The Morgan fingerprint density at radius 1 is 1.33 bits per heavy atom. The van der Waals surface area contributed by atoms with E-state index >= 15 is 0 Å². The van der Waals surface area contributed by atoms with Crippen LogP contribution in [0.1, 0.15) is 46.1 Å². The van der Waals surface area contributed by atoms with E-state index in [2.05, 4.69) is 10.3 Å². The van der Waals surface area contributed by atoms with E-state index in [1.807, 2.05) is 20.8 Å². The lowest BCUT2D eigenvalue weighted by Gasteiger charge is -2.20. The normalized spacial score (nSPS) is 15.0. The third kappa shape index (κ3) is 4.36. The average molecular weight is 257 g/mol. The molecule has 1 aromatic heterocycles. The summed E-state index contributed by atoms with van der Waals surface area (Å²) < 4.78 is 12.5. The Kier molecular flexibility index (Phi) is 5.71. The van der Waals surface area contributed by atoms with Gasteiger partial charge in [-0.25, -0.2) is 4.68 Å². The molecule has 1 heterocycles. The minimum atomic E-state index is -0.780. The fraction of sp³-hybridized carbons (Fsp3) is 0.833. The molecule has 0 bridgehead atoms. The molecule has 1 rings (SSSR count). The molecule has 6 heteroatoms. The Morgan fingerprint density at radius 2 is 1.94 bits per heavy atom. The van der Waals surface area contributed by atoms with Gasteiger partial charge < -0.3 is 14.6 Å². The zero-order chi connectivity index (χ0) is 13.6. The maximum absolute atomic E-state index is 9.98. The van der Waals surface area contributed by atoms with Crippen LogP contribution in [0, 0.1) is 0 Å². The molecule has 1 aromatic rings. The molecule has 1 N–H and O–H groups in total. The minimum absolute atomic E-state index is 0.404. The number of aromatic nitrogens is 3. The first-order valence-corrected chi connectivity index (χ1v) is 6.38. The van der Waals surface area contributed by atoms with Gasteiger partial charge in [-0.1, -0.05) is 12.1 Å². The largest absolute Gasteiger partial charge is 0.388 e. The van der Waals surface area contributed by atoms with Crippen LogP contribution in [-0.2, 0) is 16.0 Å². The van der Waals surface area contributed by atoms with Crippen molar-refractivity contribution in [1.82, 2.24) is 15.0 Å². The van der Waals surface area contributed by atoms with Crippen molar-refractivity contribution in [1.29, 1.82) is 0 Å². The lowest BCUT2D eigenvalue weighted by Crippen LogP contribution is -2.29. The van der Waals surface area contributed by atoms with Crippen LogP contribution in [0.5, 0.6) is 0 Å². The van der Waals surface area contributed by atoms with E-state index in [9.17, 15) is 5.11 Å². The summed E-state index contributed by atoms with van der Waals surface area (Å²) in [5.41, 5.74) is -0.150. The second-order valence-electron chi connectivity index (χ2n) is 4.43. The molecule has 0 aliphatic rings. The fourth-order valence-corrected chi connectivity index (χ4v) is 1.48. The summed E-state index contributed by atoms with van der Waals surface area (Å²) in [6, 6.07) is 0. The van der Waals surface area contributed by atoms with Gasteiger partial charge in [0.15, 0.2) is 0 Å². The molecule has 0 fully saturated rings. The first kappa shape index (κ1) is 15.1. The van der Waals surface area contributed by atoms with Crippen LogP contribution in [0.15, 0.2) is 6.20 Å². The lowest BCUT2D eigenvalue weighted by molar-refractivity contribution is -0.142. The van der Waals surface area contributed by atoms with Crippen LogP contribution in [0.4, 0.5) is 0 Å². The van der Waals surface area contributed by atoms with Gasteiger partial charge in [-0.15, -0.1) is 5.10 Å². The predicted molar refractivity (Wildman–Crippen MR) is 66.9 cm³/mol. The van der Waals surface area contributed by atoms with Crippen molar-refractivity contribution in [2.75, 3.05) is 13.2 Å². The first-order valence-electron chi connectivity index (χ1n) is 6.38. The van der Waals surface area contributed by atoms with E-state index < -0.39 is 11.9 Å². The van der Waals surface area contributed by atoms with Crippen molar-refractivity contribution >= 4 is 0 Å². The predicted octanol–water partition coefficient (Wildman–Crippen LogP) is 1.51. The van der Waals surface area contributed by atoms with Gasteiger partial charge in [0.2, 0.25) is 6.29 Å². The van der Waals surface area contributed by atoms with Crippen LogP contribution in [0.25, 0.3) is 0 Å². The van der Waals surface area contributed by atoms with Crippen molar-refractivity contribution in [2.24, 2.45) is 0 Å². The monoisotopic (exact) mass is 257 g/mol. The number of aliphatic hydroxyl groups is 1.